The van der Waals surface area contributed by atoms with E-state index in [1.54, 1.807) is 0 Å². The number of hydrogen-bond acceptors (Lipinski definition) is 3. The van der Waals surface area contributed by atoms with Gasteiger partial charge in [-0.1, -0.05) is 6.92 Å². The maximum Gasteiger partial charge on any atom is 0.131 e. The molecule has 0 saturated heterocycles. The van der Waals surface area contributed by atoms with Gasteiger partial charge in [-0.3, -0.25) is 0 Å². The molecule has 3 heteroatoms. The summed E-state index contributed by atoms with van der Waals surface area (Å²) < 4.78 is 0. The summed E-state index contributed by atoms with van der Waals surface area (Å²) in [6, 6.07) is 2.40. The number of aromatic nitrogens is 2. The third-order valence-corrected chi connectivity index (χ3v) is 3.23. The van der Waals surface area contributed by atoms with E-state index in [-0.39, 0.29) is 0 Å². The van der Waals surface area contributed by atoms with Gasteiger partial charge in [0.25, 0.3) is 0 Å². The van der Waals surface area contributed by atoms with Crippen LogP contribution in [-0.4, -0.2) is 16.0 Å². The van der Waals surface area contributed by atoms with Crippen LogP contribution in [0.25, 0.3) is 0 Å². The van der Waals surface area contributed by atoms with E-state index in [1.807, 2.05) is 12.3 Å². The Hall–Kier alpha value is -0.960. The highest BCUT2D eigenvalue weighted by atomic mass is 14.9. The first-order valence-corrected chi connectivity index (χ1v) is 5.87. The molecule has 0 aliphatic heterocycles. The molecule has 1 aliphatic rings. The van der Waals surface area contributed by atoms with Crippen molar-refractivity contribution in [3.63, 3.8) is 0 Å². The maximum atomic E-state index is 5.89. The molecule has 2 rings (SSSR count). The highest BCUT2D eigenvalue weighted by Crippen LogP contribution is 2.29. The van der Waals surface area contributed by atoms with Crippen molar-refractivity contribution in [2.45, 2.75) is 51.0 Å². The van der Waals surface area contributed by atoms with Crippen molar-refractivity contribution in [2.24, 2.45) is 5.73 Å². The molecule has 2 N–H and O–H groups in total. The second kappa shape index (κ2) is 4.71. The molecule has 3 nitrogen and oxygen atoms in total. The molecule has 0 radical (unpaired) electrons. The molecule has 0 bridgehead atoms. The fourth-order valence-corrected chi connectivity index (χ4v) is 2.18. The number of aryl methyl sites for hydroxylation is 1. The standard InChI is InChI=1S/C12H19N3/c1-2-11-7-8-14-12(15-11)9-3-5-10(13)6-4-9/h7-10H,2-6,13H2,1H3. The molecular formula is C12H19N3. The lowest BCUT2D eigenvalue weighted by molar-refractivity contribution is 0.384. The lowest BCUT2D eigenvalue weighted by Gasteiger charge is -2.24. The molecule has 82 valence electrons. The summed E-state index contributed by atoms with van der Waals surface area (Å²) >= 11 is 0. The average molecular weight is 205 g/mol. The van der Waals surface area contributed by atoms with E-state index < -0.39 is 0 Å². The Kier molecular flexibility index (Phi) is 3.31. The highest BCUT2D eigenvalue weighted by Gasteiger charge is 2.21. The minimum atomic E-state index is 0.399. The van der Waals surface area contributed by atoms with E-state index >= 15 is 0 Å². The third kappa shape index (κ3) is 2.53. The molecule has 1 aromatic rings. The summed E-state index contributed by atoms with van der Waals surface area (Å²) in [5.41, 5.74) is 7.04. The lowest BCUT2D eigenvalue weighted by Crippen LogP contribution is -2.26. The van der Waals surface area contributed by atoms with Crippen molar-refractivity contribution < 1.29 is 0 Å². The smallest absolute Gasteiger partial charge is 0.131 e. The van der Waals surface area contributed by atoms with Crippen molar-refractivity contribution in [3.8, 4) is 0 Å². The lowest BCUT2D eigenvalue weighted by atomic mass is 9.86. The first kappa shape index (κ1) is 10.6. The monoisotopic (exact) mass is 205 g/mol. The van der Waals surface area contributed by atoms with Crippen LogP contribution >= 0.6 is 0 Å². The largest absolute Gasteiger partial charge is 0.328 e. The number of hydrogen-bond donors (Lipinski definition) is 1. The van der Waals surface area contributed by atoms with E-state index in [0.717, 1.165) is 43.6 Å². The second-order valence-corrected chi connectivity index (χ2v) is 4.37. The normalized spacial score (nSPS) is 26.5. The van der Waals surface area contributed by atoms with Crippen molar-refractivity contribution in [3.05, 3.63) is 23.8 Å². The van der Waals surface area contributed by atoms with Crippen molar-refractivity contribution in [1.82, 2.24) is 9.97 Å². The summed E-state index contributed by atoms with van der Waals surface area (Å²) in [7, 11) is 0. The fraction of sp³-hybridized carbons (Fsp3) is 0.667. The van der Waals surface area contributed by atoms with Crippen LogP contribution in [-0.2, 0) is 6.42 Å². The van der Waals surface area contributed by atoms with Crippen LogP contribution in [0.3, 0.4) is 0 Å². The molecule has 1 aromatic heterocycles. The van der Waals surface area contributed by atoms with Crippen LogP contribution < -0.4 is 5.73 Å². The van der Waals surface area contributed by atoms with Crippen LogP contribution in [0, 0.1) is 0 Å². The number of nitrogens with two attached hydrogens (primary N) is 1. The van der Waals surface area contributed by atoms with E-state index in [9.17, 15) is 0 Å². The maximum absolute atomic E-state index is 5.89. The van der Waals surface area contributed by atoms with Gasteiger partial charge >= 0.3 is 0 Å². The van der Waals surface area contributed by atoms with Gasteiger partial charge < -0.3 is 5.73 Å². The minimum Gasteiger partial charge on any atom is -0.328 e. The molecule has 15 heavy (non-hydrogen) atoms. The Labute approximate surface area is 91.1 Å². The van der Waals surface area contributed by atoms with Gasteiger partial charge in [-0.2, -0.15) is 0 Å². The summed E-state index contributed by atoms with van der Waals surface area (Å²) in [6.07, 6.45) is 7.40. The zero-order valence-electron chi connectivity index (χ0n) is 9.32. The molecular weight excluding hydrogens is 186 g/mol. The number of rotatable bonds is 2. The molecule has 0 aromatic carbocycles. The van der Waals surface area contributed by atoms with Gasteiger partial charge in [0, 0.05) is 23.9 Å². The van der Waals surface area contributed by atoms with E-state index in [2.05, 4.69) is 16.9 Å². The van der Waals surface area contributed by atoms with Crippen molar-refractivity contribution in [1.29, 1.82) is 0 Å². The topological polar surface area (TPSA) is 51.8 Å². The highest BCUT2D eigenvalue weighted by molar-refractivity contribution is 5.06. The third-order valence-electron chi connectivity index (χ3n) is 3.23. The van der Waals surface area contributed by atoms with Crippen molar-refractivity contribution in [2.75, 3.05) is 0 Å². The van der Waals surface area contributed by atoms with Crippen LogP contribution in [0.5, 0.6) is 0 Å². The van der Waals surface area contributed by atoms with Gasteiger partial charge in [0.2, 0.25) is 0 Å². The van der Waals surface area contributed by atoms with E-state index in [0.29, 0.717) is 12.0 Å². The van der Waals surface area contributed by atoms with Gasteiger partial charge in [0.1, 0.15) is 5.82 Å². The zero-order valence-corrected chi connectivity index (χ0v) is 9.32. The predicted octanol–water partition coefficient (Wildman–Crippen LogP) is 2.02. The Morgan fingerprint density at radius 2 is 2.07 bits per heavy atom. The minimum absolute atomic E-state index is 0.399. The average Bonchev–Trinajstić information content (AvgIpc) is 2.30. The molecule has 1 fully saturated rings. The van der Waals surface area contributed by atoms with Crippen LogP contribution in [0.15, 0.2) is 12.3 Å². The fourth-order valence-electron chi connectivity index (χ4n) is 2.18. The van der Waals surface area contributed by atoms with E-state index in [4.69, 9.17) is 5.73 Å². The predicted molar refractivity (Wildman–Crippen MR) is 60.6 cm³/mol. The van der Waals surface area contributed by atoms with Gasteiger partial charge in [0.15, 0.2) is 0 Å². The summed E-state index contributed by atoms with van der Waals surface area (Å²) in [4.78, 5) is 8.97. The molecule has 1 saturated carbocycles. The first-order valence-electron chi connectivity index (χ1n) is 5.87. The van der Waals surface area contributed by atoms with Gasteiger partial charge in [-0.25, -0.2) is 9.97 Å². The first-order chi connectivity index (χ1) is 7.29. The molecule has 1 heterocycles. The van der Waals surface area contributed by atoms with Crippen LogP contribution in [0.2, 0.25) is 0 Å². The van der Waals surface area contributed by atoms with Gasteiger partial charge in [-0.15, -0.1) is 0 Å². The quantitative estimate of drug-likeness (QED) is 0.803. The van der Waals surface area contributed by atoms with Crippen molar-refractivity contribution >= 4 is 0 Å². The Morgan fingerprint density at radius 3 is 2.73 bits per heavy atom. The van der Waals surface area contributed by atoms with Crippen LogP contribution in [0.1, 0.15) is 50.0 Å². The van der Waals surface area contributed by atoms with Gasteiger partial charge in [0.05, 0.1) is 0 Å². The Balaban J connectivity index is 2.08. The Bertz CT molecular complexity index is 316. The second-order valence-electron chi connectivity index (χ2n) is 4.37. The summed E-state index contributed by atoms with van der Waals surface area (Å²) in [5.74, 6) is 1.57. The molecule has 0 amide bonds. The molecule has 0 spiro atoms. The van der Waals surface area contributed by atoms with E-state index in [1.165, 1.54) is 0 Å². The summed E-state index contributed by atoms with van der Waals surface area (Å²) in [5, 5.41) is 0. The zero-order chi connectivity index (χ0) is 10.7. The summed E-state index contributed by atoms with van der Waals surface area (Å²) in [6.45, 7) is 2.13. The number of nitrogens with zero attached hydrogens (tertiary/aromatic N) is 2. The molecule has 1 aliphatic carbocycles. The van der Waals surface area contributed by atoms with Gasteiger partial charge in [-0.05, 0) is 38.2 Å². The molecule has 0 atom stereocenters. The Morgan fingerprint density at radius 1 is 1.33 bits per heavy atom. The molecule has 0 unspecified atom stereocenters. The SMILES string of the molecule is CCc1ccnc(C2CCC(N)CC2)n1. The van der Waals surface area contributed by atoms with Crippen LogP contribution in [0.4, 0.5) is 0 Å².